The number of anilines is 3. The molecular formula is C59H40N2. The number of benzene rings is 10. The van der Waals surface area contributed by atoms with Crippen molar-refractivity contribution in [1.29, 1.82) is 0 Å². The minimum absolute atomic E-state index is 0.522. The summed E-state index contributed by atoms with van der Waals surface area (Å²) >= 11 is 0. The molecule has 286 valence electrons. The second-order valence-electron chi connectivity index (χ2n) is 16.7. The maximum Gasteiger partial charge on any atom is 0.0729 e. The normalized spacial score (nSPS) is 14.8. The van der Waals surface area contributed by atoms with Gasteiger partial charge in [0.05, 0.1) is 22.1 Å². The minimum atomic E-state index is -0.522. The van der Waals surface area contributed by atoms with Gasteiger partial charge in [-0.1, -0.05) is 171 Å². The van der Waals surface area contributed by atoms with E-state index >= 15 is 0 Å². The van der Waals surface area contributed by atoms with Gasteiger partial charge in [-0.3, -0.25) is 0 Å². The molecule has 1 aromatic heterocycles. The van der Waals surface area contributed by atoms with Crippen molar-refractivity contribution >= 4 is 60.4 Å². The van der Waals surface area contributed by atoms with Gasteiger partial charge in [-0.15, -0.1) is 0 Å². The first kappa shape index (κ1) is 34.2. The van der Waals surface area contributed by atoms with Crippen LogP contribution in [0.15, 0.2) is 212 Å². The molecule has 0 saturated heterocycles. The van der Waals surface area contributed by atoms with E-state index < -0.39 is 5.41 Å². The molecule has 0 saturated carbocycles. The zero-order valence-electron chi connectivity index (χ0n) is 33.8. The molecule has 10 aromatic carbocycles. The summed E-state index contributed by atoms with van der Waals surface area (Å²) in [6.45, 7) is 2.32. The third kappa shape index (κ3) is 4.62. The Morgan fingerprint density at radius 2 is 1.03 bits per heavy atom. The van der Waals surface area contributed by atoms with Crippen LogP contribution in [0, 0.1) is 0 Å². The van der Waals surface area contributed by atoms with Gasteiger partial charge in [-0.2, -0.15) is 0 Å². The molecule has 11 aromatic rings. The molecule has 1 heterocycles. The third-order valence-corrected chi connectivity index (χ3v) is 13.7. The van der Waals surface area contributed by atoms with Crippen LogP contribution in [-0.2, 0) is 11.8 Å². The molecule has 0 N–H and O–H groups in total. The van der Waals surface area contributed by atoms with Crippen LogP contribution in [0.4, 0.5) is 17.1 Å². The SMILES string of the molecule is CCc1ccc2cccc3c2c1C1(c2ccccc2-c2ccc(N(c4ccc5c6ccccc6n(-c6ccccc6)c5c4)c4cccc5ccccc45)cc21)c1ccccc1-3. The Morgan fingerprint density at radius 3 is 1.87 bits per heavy atom. The van der Waals surface area contributed by atoms with Gasteiger partial charge >= 0.3 is 0 Å². The predicted molar refractivity (Wildman–Crippen MR) is 256 cm³/mol. The number of hydrogen-bond acceptors (Lipinski definition) is 1. The monoisotopic (exact) mass is 776 g/mol. The molecule has 0 radical (unpaired) electrons. The highest BCUT2D eigenvalue weighted by Crippen LogP contribution is 2.63. The van der Waals surface area contributed by atoms with Crippen LogP contribution in [0.3, 0.4) is 0 Å². The van der Waals surface area contributed by atoms with Gasteiger partial charge < -0.3 is 9.47 Å². The molecule has 13 rings (SSSR count). The lowest BCUT2D eigenvalue weighted by Gasteiger charge is -2.41. The van der Waals surface area contributed by atoms with Crippen LogP contribution in [0.2, 0.25) is 0 Å². The fourth-order valence-electron chi connectivity index (χ4n) is 11.3. The van der Waals surface area contributed by atoms with E-state index in [1.807, 2.05) is 0 Å². The van der Waals surface area contributed by atoms with E-state index in [1.165, 1.54) is 93.4 Å². The van der Waals surface area contributed by atoms with Gasteiger partial charge in [0.25, 0.3) is 0 Å². The van der Waals surface area contributed by atoms with Crippen molar-refractivity contribution in [1.82, 2.24) is 4.57 Å². The number of fused-ring (bicyclic) bond motifs is 13. The van der Waals surface area contributed by atoms with E-state index in [0.717, 1.165) is 29.2 Å². The fourth-order valence-corrected chi connectivity index (χ4v) is 11.3. The molecule has 0 aliphatic heterocycles. The molecule has 1 atom stereocenters. The Bertz CT molecular complexity index is 3590. The van der Waals surface area contributed by atoms with Crippen LogP contribution in [0.25, 0.3) is 71.3 Å². The summed E-state index contributed by atoms with van der Waals surface area (Å²) in [7, 11) is 0. The highest BCUT2D eigenvalue weighted by atomic mass is 15.1. The first-order valence-electron chi connectivity index (χ1n) is 21.5. The Kier molecular flexibility index (Phi) is 7.24. The molecule has 2 aliphatic rings. The van der Waals surface area contributed by atoms with Gasteiger partial charge in [0, 0.05) is 33.2 Å². The molecule has 0 bridgehead atoms. The van der Waals surface area contributed by atoms with Crippen molar-refractivity contribution in [2.75, 3.05) is 4.90 Å². The van der Waals surface area contributed by atoms with Crippen molar-refractivity contribution in [3.63, 3.8) is 0 Å². The molecule has 2 heteroatoms. The summed E-state index contributed by atoms with van der Waals surface area (Å²) in [5, 5.41) is 7.58. The third-order valence-electron chi connectivity index (χ3n) is 13.7. The largest absolute Gasteiger partial charge is 0.310 e. The van der Waals surface area contributed by atoms with Crippen LogP contribution >= 0.6 is 0 Å². The molecule has 61 heavy (non-hydrogen) atoms. The lowest BCUT2D eigenvalue weighted by Crippen LogP contribution is -2.33. The Morgan fingerprint density at radius 1 is 0.426 bits per heavy atom. The second kappa shape index (κ2) is 12.9. The smallest absolute Gasteiger partial charge is 0.0729 e. The van der Waals surface area contributed by atoms with E-state index in [2.05, 4.69) is 229 Å². The van der Waals surface area contributed by atoms with Gasteiger partial charge in [-0.25, -0.2) is 0 Å². The summed E-state index contributed by atoms with van der Waals surface area (Å²) in [4.78, 5) is 2.51. The van der Waals surface area contributed by atoms with Gasteiger partial charge in [0.1, 0.15) is 0 Å². The summed E-state index contributed by atoms with van der Waals surface area (Å²) in [6, 6.07) is 79.5. The molecule has 0 amide bonds. The highest BCUT2D eigenvalue weighted by molar-refractivity contribution is 6.12. The molecule has 0 fully saturated rings. The summed E-state index contributed by atoms with van der Waals surface area (Å²) in [5.74, 6) is 0. The number of nitrogens with zero attached hydrogens (tertiary/aromatic N) is 2. The van der Waals surface area contributed by atoms with Crippen molar-refractivity contribution in [2.45, 2.75) is 18.8 Å². The van der Waals surface area contributed by atoms with Crippen molar-refractivity contribution in [3.05, 3.63) is 240 Å². The van der Waals surface area contributed by atoms with Gasteiger partial charge in [0.2, 0.25) is 0 Å². The molecule has 1 unspecified atom stereocenters. The second-order valence-corrected chi connectivity index (χ2v) is 16.7. The zero-order chi connectivity index (χ0) is 40.2. The highest BCUT2D eigenvalue weighted by Gasteiger charge is 2.51. The number of aryl methyl sites for hydroxylation is 1. The van der Waals surface area contributed by atoms with Crippen molar-refractivity contribution in [3.8, 4) is 27.9 Å². The molecule has 2 nitrogen and oxygen atoms in total. The number of hydrogen-bond donors (Lipinski definition) is 0. The molecule has 2 aliphatic carbocycles. The van der Waals surface area contributed by atoms with Crippen molar-refractivity contribution < 1.29 is 0 Å². The Hall–Kier alpha value is -7.68. The maximum absolute atomic E-state index is 2.54. The fraction of sp³-hybridized carbons (Fsp3) is 0.0508. The van der Waals surface area contributed by atoms with Gasteiger partial charge in [0.15, 0.2) is 0 Å². The lowest BCUT2D eigenvalue weighted by atomic mass is 9.60. The number of para-hydroxylation sites is 2. The zero-order valence-corrected chi connectivity index (χ0v) is 33.8. The van der Waals surface area contributed by atoms with E-state index in [9.17, 15) is 0 Å². The summed E-state index contributed by atoms with van der Waals surface area (Å²) in [5.41, 5.74) is 18.5. The average Bonchev–Trinajstić information content (AvgIpc) is 3.81. The first-order valence-corrected chi connectivity index (χ1v) is 21.5. The van der Waals surface area contributed by atoms with Crippen LogP contribution in [0.5, 0.6) is 0 Å². The first-order chi connectivity index (χ1) is 30.2. The Balaban J connectivity index is 1.14. The quantitative estimate of drug-likeness (QED) is 0.169. The van der Waals surface area contributed by atoms with Gasteiger partial charge in [-0.05, 0) is 121 Å². The Labute approximate surface area is 355 Å². The van der Waals surface area contributed by atoms with E-state index in [-0.39, 0.29) is 0 Å². The summed E-state index contributed by atoms with van der Waals surface area (Å²) in [6.07, 6.45) is 0.943. The lowest BCUT2D eigenvalue weighted by molar-refractivity contribution is 0.759. The van der Waals surface area contributed by atoms with E-state index in [4.69, 9.17) is 0 Å². The van der Waals surface area contributed by atoms with E-state index in [1.54, 1.807) is 0 Å². The molecular weight excluding hydrogens is 737 g/mol. The summed E-state index contributed by atoms with van der Waals surface area (Å²) < 4.78 is 2.42. The van der Waals surface area contributed by atoms with E-state index in [0.29, 0.717) is 0 Å². The van der Waals surface area contributed by atoms with Crippen LogP contribution in [0.1, 0.15) is 34.7 Å². The number of aromatic nitrogens is 1. The maximum atomic E-state index is 2.54. The predicted octanol–water partition coefficient (Wildman–Crippen LogP) is 15.5. The number of rotatable bonds is 5. The molecule has 1 spiro atoms. The minimum Gasteiger partial charge on any atom is -0.310 e. The topological polar surface area (TPSA) is 8.17 Å². The van der Waals surface area contributed by atoms with Crippen molar-refractivity contribution in [2.24, 2.45) is 0 Å². The average molecular weight is 777 g/mol. The van der Waals surface area contributed by atoms with Crippen LogP contribution in [-0.4, -0.2) is 4.57 Å². The standard InChI is InChI=1S/C59H40N2/c1-2-38-30-31-40-18-14-25-50-46-23-9-12-27-52(46)59(58(38)57(40)50)51-26-11-8-22-45(51)47-34-32-42(36-53(47)59)60(54-29-15-17-39-16-6-7-21-44(39)54)43-33-35-49-48-24-10-13-28-55(48)61(56(49)37-43)41-19-4-3-5-20-41/h3-37H,2H2,1H3. The van der Waals surface area contributed by atoms with Crippen LogP contribution < -0.4 is 4.90 Å².